The van der Waals surface area contributed by atoms with Gasteiger partial charge in [-0.3, -0.25) is 4.79 Å². The molecule has 0 bridgehead atoms. The Morgan fingerprint density at radius 2 is 2.00 bits per heavy atom. The lowest BCUT2D eigenvalue weighted by Gasteiger charge is -2.11. The molecule has 0 unspecified atom stereocenters. The Morgan fingerprint density at radius 3 is 2.76 bits per heavy atom. The molecule has 0 atom stereocenters. The van der Waals surface area contributed by atoms with E-state index in [9.17, 15) is 4.79 Å². The molecule has 128 valence electrons. The van der Waals surface area contributed by atoms with Crippen LogP contribution < -0.4 is 5.32 Å². The molecule has 1 heterocycles. The fraction of sp³-hybridized carbons (Fsp3) is 0.238. The third-order valence-corrected chi connectivity index (χ3v) is 4.18. The highest BCUT2D eigenvalue weighted by Gasteiger charge is 2.11. The Labute approximate surface area is 148 Å². The van der Waals surface area contributed by atoms with E-state index in [0.29, 0.717) is 18.5 Å². The number of benzene rings is 2. The minimum absolute atomic E-state index is 0.110. The first-order chi connectivity index (χ1) is 12.0. The highest BCUT2D eigenvalue weighted by atomic mass is 16.1. The second-order valence-electron chi connectivity index (χ2n) is 6.38. The maximum atomic E-state index is 11.7. The Bertz CT molecular complexity index is 924. The molecule has 3 rings (SSSR count). The molecule has 0 spiro atoms. The van der Waals surface area contributed by atoms with Crippen LogP contribution in [-0.2, 0) is 17.8 Å². The van der Waals surface area contributed by atoms with E-state index in [4.69, 9.17) is 4.98 Å². The van der Waals surface area contributed by atoms with Crippen LogP contribution in [-0.4, -0.2) is 22.0 Å². The van der Waals surface area contributed by atoms with Gasteiger partial charge < -0.3 is 9.88 Å². The van der Waals surface area contributed by atoms with Crippen molar-refractivity contribution in [2.24, 2.45) is 0 Å². The van der Waals surface area contributed by atoms with Gasteiger partial charge in [0.25, 0.3) is 0 Å². The van der Waals surface area contributed by atoms with Crippen molar-refractivity contribution < 1.29 is 4.79 Å². The number of carbonyl (C=O) groups excluding carboxylic acids is 1. The predicted octanol–water partition coefficient (Wildman–Crippen LogP) is 3.63. The summed E-state index contributed by atoms with van der Waals surface area (Å²) < 4.78 is 2.23. The maximum Gasteiger partial charge on any atom is 0.246 e. The molecular formula is C21H23N3O. The van der Waals surface area contributed by atoms with Crippen molar-refractivity contribution in [3.63, 3.8) is 0 Å². The SMILES string of the molecule is C=C(C)C(=O)NCCc1nc2ccccc2n1Cc1cccc(C)c1. The largest absolute Gasteiger partial charge is 0.352 e. The van der Waals surface area contributed by atoms with Gasteiger partial charge in [0.05, 0.1) is 11.0 Å². The van der Waals surface area contributed by atoms with Crippen molar-refractivity contribution in [2.45, 2.75) is 26.8 Å². The summed E-state index contributed by atoms with van der Waals surface area (Å²) >= 11 is 0. The van der Waals surface area contributed by atoms with Gasteiger partial charge in [-0.25, -0.2) is 4.98 Å². The number of nitrogens with one attached hydrogen (secondary N) is 1. The number of rotatable bonds is 6. The van der Waals surface area contributed by atoms with Crippen molar-refractivity contribution in [1.29, 1.82) is 0 Å². The van der Waals surface area contributed by atoms with Crippen LogP contribution in [0.25, 0.3) is 11.0 Å². The van der Waals surface area contributed by atoms with Gasteiger partial charge in [-0.1, -0.05) is 48.5 Å². The third-order valence-electron chi connectivity index (χ3n) is 4.18. The molecule has 0 radical (unpaired) electrons. The van der Waals surface area contributed by atoms with E-state index in [1.54, 1.807) is 6.92 Å². The van der Waals surface area contributed by atoms with E-state index in [-0.39, 0.29) is 5.91 Å². The zero-order valence-corrected chi connectivity index (χ0v) is 14.7. The van der Waals surface area contributed by atoms with Crippen LogP contribution >= 0.6 is 0 Å². The highest BCUT2D eigenvalue weighted by Crippen LogP contribution is 2.18. The zero-order valence-electron chi connectivity index (χ0n) is 14.7. The first-order valence-electron chi connectivity index (χ1n) is 8.48. The fourth-order valence-corrected chi connectivity index (χ4v) is 2.92. The molecule has 1 N–H and O–H groups in total. The molecule has 0 saturated heterocycles. The number of nitrogens with zero attached hydrogens (tertiary/aromatic N) is 2. The molecule has 0 saturated carbocycles. The minimum atomic E-state index is -0.110. The van der Waals surface area contributed by atoms with Crippen LogP contribution in [0.4, 0.5) is 0 Å². The summed E-state index contributed by atoms with van der Waals surface area (Å²) in [6.45, 7) is 8.79. The first kappa shape index (κ1) is 17.0. The molecule has 3 aromatic rings. The monoisotopic (exact) mass is 333 g/mol. The lowest BCUT2D eigenvalue weighted by atomic mass is 10.1. The van der Waals surface area contributed by atoms with Gasteiger partial charge in [-0.15, -0.1) is 0 Å². The van der Waals surface area contributed by atoms with Gasteiger partial charge in [0.1, 0.15) is 5.82 Å². The summed E-state index contributed by atoms with van der Waals surface area (Å²) in [5.74, 6) is 0.867. The molecule has 25 heavy (non-hydrogen) atoms. The highest BCUT2D eigenvalue weighted by molar-refractivity contribution is 5.92. The standard InChI is InChI=1S/C21H23N3O/c1-15(2)21(25)22-12-11-20-23-18-9-4-5-10-19(18)24(20)14-17-8-6-7-16(3)13-17/h4-10,13H,1,11-12,14H2,2-3H3,(H,22,25). The molecular weight excluding hydrogens is 310 g/mol. The van der Waals surface area contributed by atoms with Crippen molar-refractivity contribution in [2.75, 3.05) is 6.54 Å². The molecule has 4 nitrogen and oxygen atoms in total. The second-order valence-corrected chi connectivity index (χ2v) is 6.38. The summed E-state index contributed by atoms with van der Waals surface area (Å²) in [4.78, 5) is 16.4. The quantitative estimate of drug-likeness (QED) is 0.700. The first-order valence-corrected chi connectivity index (χ1v) is 8.48. The Kier molecular flexibility index (Phi) is 4.98. The van der Waals surface area contributed by atoms with Gasteiger partial charge in [-0.2, -0.15) is 0 Å². The second kappa shape index (κ2) is 7.34. The summed E-state index contributed by atoms with van der Waals surface area (Å²) in [6, 6.07) is 16.7. The van der Waals surface area contributed by atoms with Crippen LogP contribution in [0, 0.1) is 6.92 Å². The smallest absolute Gasteiger partial charge is 0.246 e. The van der Waals surface area contributed by atoms with Crippen molar-refractivity contribution in [3.05, 3.63) is 77.6 Å². The van der Waals surface area contributed by atoms with Crippen molar-refractivity contribution in [1.82, 2.24) is 14.9 Å². The number of fused-ring (bicyclic) bond motifs is 1. The van der Waals surface area contributed by atoms with Gasteiger partial charge in [-0.05, 0) is 31.5 Å². The van der Waals surface area contributed by atoms with E-state index in [0.717, 1.165) is 23.4 Å². The molecule has 1 amide bonds. The summed E-state index contributed by atoms with van der Waals surface area (Å²) in [7, 11) is 0. The van der Waals surface area contributed by atoms with Crippen LogP contribution in [0.1, 0.15) is 23.9 Å². The molecule has 4 heteroatoms. The number of aryl methyl sites for hydroxylation is 1. The Balaban J connectivity index is 1.86. The predicted molar refractivity (Wildman–Crippen MR) is 102 cm³/mol. The van der Waals surface area contributed by atoms with Crippen LogP contribution in [0.5, 0.6) is 0 Å². The van der Waals surface area contributed by atoms with E-state index in [1.165, 1.54) is 11.1 Å². The Morgan fingerprint density at radius 1 is 1.20 bits per heavy atom. The zero-order chi connectivity index (χ0) is 17.8. The third kappa shape index (κ3) is 3.97. The van der Waals surface area contributed by atoms with E-state index in [2.05, 4.69) is 53.7 Å². The normalized spacial score (nSPS) is 10.8. The summed E-state index contributed by atoms with van der Waals surface area (Å²) in [6.07, 6.45) is 0.680. The lowest BCUT2D eigenvalue weighted by Crippen LogP contribution is -2.26. The van der Waals surface area contributed by atoms with Gasteiger partial charge in [0.2, 0.25) is 5.91 Å². The fourth-order valence-electron chi connectivity index (χ4n) is 2.92. The number of amides is 1. The summed E-state index contributed by atoms with van der Waals surface area (Å²) in [5, 5.41) is 2.88. The number of aromatic nitrogens is 2. The van der Waals surface area contributed by atoms with E-state index >= 15 is 0 Å². The van der Waals surface area contributed by atoms with Crippen LogP contribution in [0.15, 0.2) is 60.7 Å². The number of imidazole rings is 1. The molecule has 0 aliphatic carbocycles. The average Bonchev–Trinajstić information content (AvgIpc) is 2.92. The number of hydrogen-bond acceptors (Lipinski definition) is 2. The van der Waals surface area contributed by atoms with Crippen LogP contribution in [0.3, 0.4) is 0 Å². The van der Waals surface area contributed by atoms with Crippen molar-refractivity contribution in [3.8, 4) is 0 Å². The average molecular weight is 333 g/mol. The van der Waals surface area contributed by atoms with Gasteiger partial charge in [0, 0.05) is 25.1 Å². The molecule has 1 aromatic heterocycles. The molecule has 0 fully saturated rings. The van der Waals surface area contributed by atoms with E-state index in [1.807, 2.05) is 18.2 Å². The van der Waals surface area contributed by atoms with Gasteiger partial charge >= 0.3 is 0 Å². The number of para-hydroxylation sites is 2. The Hall–Kier alpha value is -2.88. The number of hydrogen-bond donors (Lipinski definition) is 1. The lowest BCUT2D eigenvalue weighted by molar-refractivity contribution is -0.117. The van der Waals surface area contributed by atoms with Crippen molar-refractivity contribution >= 4 is 16.9 Å². The molecule has 0 aliphatic rings. The van der Waals surface area contributed by atoms with Gasteiger partial charge in [0.15, 0.2) is 0 Å². The topological polar surface area (TPSA) is 46.9 Å². The minimum Gasteiger partial charge on any atom is -0.352 e. The van der Waals surface area contributed by atoms with Crippen LogP contribution in [0.2, 0.25) is 0 Å². The molecule has 2 aromatic carbocycles. The van der Waals surface area contributed by atoms with E-state index < -0.39 is 0 Å². The number of carbonyl (C=O) groups is 1. The molecule has 0 aliphatic heterocycles. The summed E-state index contributed by atoms with van der Waals surface area (Å²) in [5.41, 5.74) is 5.11. The maximum absolute atomic E-state index is 11.7.